The van der Waals surface area contributed by atoms with Crippen LogP contribution in [0, 0.1) is 0 Å². The van der Waals surface area contributed by atoms with Gasteiger partial charge in [0, 0.05) is 12.8 Å². The lowest BCUT2D eigenvalue weighted by atomic mass is 10.0. The van der Waals surface area contributed by atoms with Crippen molar-refractivity contribution < 1.29 is 39.0 Å². The second kappa shape index (κ2) is 13.4. The molecular formula is C20H27N5O8. The van der Waals surface area contributed by atoms with Gasteiger partial charge in [-0.25, -0.2) is 4.79 Å². The van der Waals surface area contributed by atoms with Crippen molar-refractivity contribution in [3.8, 4) is 0 Å². The average molecular weight is 465 g/mol. The zero-order chi connectivity index (χ0) is 25.0. The molecular weight excluding hydrogens is 438 g/mol. The third-order valence-electron chi connectivity index (χ3n) is 4.38. The van der Waals surface area contributed by atoms with Gasteiger partial charge in [0.1, 0.15) is 12.1 Å². The highest BCUT2D eigenvalue weighted by Gasteiger charge is 2.28. The fourth-order valence-corrected chi connectivity index (χ4v) is 2.69. The lowest BCUT2D eigenvalue weighted by molar-refractivity contribution is -0.143. The average Bonchev–Trinajstić information content (AvgIpc) is 2.75. The van der Waals surface area contributed by atoms with Crippen LogP contribution in [0.2, 0.25) is 0 Å². The summed E-state index contributed by atoms with van der Waals surface area (Å²) in [6, 6.07) is 4.58. The molecule has 0 bridgehead atoms. The van der Waals surface area contributed by atoms with E-state index in [4.69, 9.17) is 16.6 Å². The summed E-state index contributed by atoms with van der Waals surface area (Å²) < 4.78 is 0. The first-order chi connectivity index (χ1) is 15.5. The van der Waals surface area contributed by atoms with Crippen LogP contribution < -0.4 is 27.4 Å². The van der Waals surface area contributed by atoms with Crippen LogP contribution in [-0.4, -0.2) is 70.5 Å². The standard InChI is InChI=1S/C20H27N5O8/c21-12(6-7-17(28)29)18(30)23-10-16(27)24-13(8-11-4-2-1-3-5-11)19(31)25-14(20(32)33)9-15(22)26/h1-5,12-14H,6-10,21H2,(H2,22,26)(H,23,30)(H,24,27)(H,25,31)(H,28,29)(H,32,33). The van der Waals surface area contributed by atoms with Crippen LogP contribution in [0.3, 0.4) is 0 Å². The van der Waals surface area contributed by atoms with Gasteiger partial charge in [0.15, 0.2) is 0 Å². The van der Waals surface area contributed by atoms with Crippen molar-refractivity contribution >= 4 is 35.6 Å². The highest BCUT2D eigenvalue weighted by Crippen LogP contribution is 2.05. The number of rotatable bonds is 14. The number of carboxylic acids is 2. The number of primary amides is 1. The lowest BCUT2D eigenvalue weighted by Crippen LogP contribution is -2.55. The molecule has 13 heteroatoms. The number of nitrogens with one attached hydrogen (secondary N) is 3. The van der Waals surface area contributed by atoms with Crippen LogP contribution in [0.15, 0.2) is 30.3 Å². The number of carboxylic acid groups (broad SMARTS) is 2. The Labute approximate surface area is 188 Å². The van der Waals surface area contributed by atoms with Crippen LogP contribution in [0.1, 0.15) is 24.8 Å². The minimum Gasteiger partial charge on any atom is -0.481 e. The van der Waals surface area contributed by atoms with Gasteiger partial charge < -0.3 is 37.6 Å². The molecule has 1 aromatic rings. The Morgan fingerprint density at radius 1 is 0.909 bits per heavy atom. The molecule has 0 heterocycles. The molecule has 0 saturated carbocycles. The van der Waals surface area contributed by atoms with Gasteiger partial charge in [-0.2, -0.15) is 0 Å². The van der Waals surface area contributed by atoms with E-state index in [-0.39, 0.29) is 19.3 Å². The summed E-state index contributed by atoms with van der Waals surface area (Å²) in [4.78, 5) is 69.8. The monoisotopic (exact) mass is 465 g/mol. The minimum atomic E-state index is -1.59. The van der Waals surface area contributed by atoms with Gasteiger partial charge in [-0.1, -0.05) is 30.3 Å². The molecule has 1 rings (SSSR count). The van der Waals surface area contributed by atoms with E-state index < -0.39 is 66.7 Å². The van der Waals surface area contributed by atoms with E-state index in [0.717, 1.165) is 0 Å². The molecule has 0 radical (unpaired) electrons. The van der Waals surface area contributed by atoms with Gasteiger partial charge in [-0.05, 0) is 12.0 Å². The molecule has 180 valence electrons. The molecule has 3 atom stereocenters. The second-order valence-corrected chi connectivity index (χ2v) is 7.14. The molecule has 0 spiro atoms. The highest BCUT2D eigenvalue weighted by molar-refractivity contribution is 5.93. The predicted octanol–water partition coefficient (Wildman–Crippen LogP) is -2.53. The van der Waals surface area contributed by atoms with Crippen molar-refractivity contribution in [2.45, 2.75) is 43.8 Å². The van der Waals surface area contributed by atoms with Crippen LogP contribution >= 0.6 is 0 Å². The van der Waals surface area contributed by atoms with Crippen molar-refractivity contribution in [2.24, 2.45) is 11.5 Å². The second-order valence-electron chi connectivity index (χ2n) is 7.14. The first-order valence-electron chi connectivity index (χ1n) is 9.89. The maximum absolute atomic E-state index is 12.7. The summed E-state index contributed by atoms with van der Waals surface area (Å²) in [7, 11) is 0. The van der Waals surface area contributed by atoms with Gasteiger partial charge >= 0.3 is 11.9 Å². The highest BCUT2D eigenvalue weighted by atomic mass is 16.4. The lowest BCUT2D eigenvalue weighted by Gasteiger charge is -2.21. The zero-order valence-electron chi connectivity index (χ0n) is 17.7. The largest absolute Gasteiger partial charge is 0.481 e. The molecule has 3 unspecified atom stereocenters. The summed E-state index contributed by atoms with van der Waals surface area (Å²) in [5, 5.41) is 24.6. The normalized spacial score (nSPS) is 13.1. The molecule has 1 aromatic carbocycles. The summed E-state index contributed by atoms with van der Waals surface area (Å²) >= 11 is 0. The molecule has 4 amide bonds. The van der Waals surface area contributed by atoms with Crippen molar-refractivity contribution in [2.75, 3.05) is 6.54 Å². The Morgan fingerprint density at radius 2 is 1.55 bits per heavy atom. The van der Waals surface area contributed by atoms with Crippen LogP contribution in [0.4, 0.5) is 0 Å². The summed E-state index contributed by atoms with van der Waals surface area (Å²) in [5.41, 5.74) is 11.2. The quantitative estimate of drug-likeness (QED) is 0.153. The van der Waals surface area contributed by atoms with E-state index >= 15 is 0 Å². The topological polar surface area (TPSA) is 231 Å². The van der Waals surface area contributed by atoms with Gasteiger partial charge in [-0.15, -0.1) is 0 Å². The van der Waals surface area contributed by atoms with Gasteiger partial charge in [-0.3, -0.25) is 24.0 Å². The Kier molecular flexibility index (Phi) is 11.0. The van der Waals surface area contributed by atoms with E-state index in [1.165, 1.54) is 0 Å². The zero-order valence-corrected chi connectivity index (χ0v) is 17.7. The summed E-state index contributed by atoms with van der Waals surface area (Å²) in [5.74, 6) is -5.93. The van der Waals surface area contributed by atoms with E-state index in [1.807, 2.05) is 0 Å². The number of carbonyl (C=O) groups is 6. The molecule has 0 fully saturated rings. The molecule has 0 aliphatic rings. The van der Waals surface area contributed by atoms with Crippen LogP contribution in [-0.2, 0) is 35.2 Å². The van der Waals surface area contributed by atoms with E-state index in [1.54, 1.807) is 30.3 Å². The van der Waals surface area contributed by atoms with Crippen molar-refractivity contribution in [1.29, 1.82) is 0 Å². The molecule has 9 N–H and O–H groups in total. The number of carbonyl (C=O) groups excluding carboxylic acids is 4. The molecule has 0 aromatic heterocycles. The fourth-order valence-electron chi connectivity index (χ4n) is 2.69. The number of hydrogen-bond acceptors (Lipinski definition) is 7. The van der Waals surface area contributed by atoms with Gasteiger partial charge in [0.05, 0.1) is 19.0 Å². The summed E-state index contributed by atoms with van der Waals surface area (Å²) in [6.45, 7) is -0.554. The van der Waals surface area contributed by atoms with Gasteiger partial charge in [0.2, 0.25) is 23.6 Å². The van der Waals surface area contributed by atoms with Crippen molar-refractivity contribution in [3.63, 3.8) is 0 Å². The number of benzene rings is 1. The van der Waals surface area contributed by atoms with E-state index in [0.29, 0.717) is 5.56 Å². The number of nitrogens with two attached hydrogens (primary N) is 2. The van der Waals surface area contributed by atoms with E-state index in [9.17, 15) is 33.9 Å². The van der Waals surface area contributed by atoms with Crippen LogP contribution in [0.5, 0.6) is 0 Å². The maximum Gasteiger partial charge on any atom is 0.326 e. The Bertz CT molecular complexity index is 876. The maximum atomic E-state index is 12.7. The third kappa shape index (κ3) is 10.7. The molecule has 33 heavy (non-hydrogen) atoms. The molecule has 0 aliphatic carbocycles. The Hall–Kier alpha value is -4.00. The van der Waals surface area contributed by atoms with Crippen LogP contribution in [0.25, 0.3) is 0 Å². The Morgan fingerprint density at radius 3 is 2.09 bits per heavy atom. The molecule has 13 nitrogen and oxygen atoms in total. The Balaban J connectivity index is 2.81. The smallest absolute Gasteiger partial charge is 0.326 e. The number of amides is 4. The SMILES string of the molecule is NC(=O)CC(NC(=O)C(Cc1ccccc1)NC(=O)CNC(=O)C(N)CCC(=O)O)C(=O)O. The fraction of sp³-hybridized carbons (Fsp3) is 0.400. The molecule has 0 saturated heterocycles. The molecule has 0 aliphatic heterocycles. The summed E-state index contributed by atoms with van der Waals surface area (Å²) in [6.07, 6.45) is -1.10. The predicted molar refractivity (Wildman–Crippen MR) is 113 cm³/mol. The first kappa shape index (κ1) is 27.0. The van der Waals surface area contributed by atoms with Crippen molar-refractivity contribution in [3.05, 3.63) is 35.9 Å². The minimum absolute atomic E-state index is 0.00655. The van der Waals surface area contributed by atoms with Crippen molar-refractivity contribution in [1.82, 2.24) is 16.0 Å². The van der Waals surface area contributed by atoms with Gasteiger partial charge in [0.25, 0.3) is 0 Å². The number of aliphatic carboxylic acids is 2. The third-order valence-corrected chi connectivity index (χ3v) is 4.38. The number of hydrogen-bond donors (Lipinski definition) is 7. The first-order valence-corrected chi connectivity index (χ1v) is 9.89. The van der Waals surface area contributed by atoms with E-state index in [2.05, 4.69) is 16.0 Å².